The fourth-order valence-electron chi connectivity index (χ4n) is 4.87. The largest absolute Gasteiger partial charge is 0.383 e. The lowest BCUT2D eigenvalue weighted by molar-refractivity contribution is 0.0627. The van der Waals surface area contributed by atoms with Crippen molar-refractivity contribution in [2.75, 3.05) is 51.2 Å². The number of nitrogens with zero attached hydrogens (tertiary/aromatic N) is 3. The van der Waals surface area contributed by atoms with Crippen molar-refractivity contribution in [1.82, 2.24) is 14.5 Å². The molecule has 0 saturated heterocycles. The molecule has 0 radical (unpaired) electrons. The van der Waals surface area contributed by atoms with Crippen LogP contribution in [0.1, 0.15) is 42.3 Å². The van der Waals surface area contributed by atoms with E-state index in [0.717, 1.165) is 28.1 Å². The maximum atomic E-state index is 13.1. The minimum Gasteiger partial charge on any atom is -0.383 e. The third-order valence-electron chi connectivity index (χ3n) is 7.55. The average molecular weight is 598 g/mol. The van der Waals surface area contributed by atoms with E-state index in [1.165, 1.54) is 11.8 Å². The van der Waals surface area contributed by atoms with Gasteiger partial charge in [-0.1, -0.05) is 45.0 Å². The maximum Gasteiger partial charge on any atom is 0.274 e. The number of carbonyl (C=O) groups is 1. The van der Waals surface area contributed by atoms with Crippen LogP contribution in [0.15, 0.2) is 77.9 Å². The lowest BCUT2D eigenvalue weighted by atomic mass is 9.87. The number of amides is 1. The van der Waals surface area contributed by atoms with Crippen LogP contribution < -0.4 is 16.2 Å². The Morgan fingerprint density at radius 1 is 0.932 bits per heavy atom. The highest BCUT2D eigenvalue weighted by molar-refractivity contribution is 5.94. The Morgan fingerprint density at radius 3 is 2.20 bits per heavy atom. The number of benzene rings is 2. The van der Waals surface area contributed by atoms with Crippen LogP contribution in [0.4, 0.5) is 22.9 Å². The van der Waals surface area contributed by atoms with Crippen LogP contribution in [0.25, 0.3) is 11.1 Å². The number of pyridine rings is 2. The Morgan fingerprint density at radius 2 is 1.61 bits per heavy atom. The number of aromatic nitrogens is 2. The predicted octanol–water partition coefficient (Wildman–Crippen LogP) is 6.28. The predicted molar refractivity (Wildman–Crippen MR) is 177 cm³/mol. The van der Waals surface area contributed by atoms with Gasteiger partial charge < -0.3 is 29.6 Å². The van der Waals surface area contributed by atoms with Crippen LogP contribution in [0.2, 0.25) is 0 Å². The molecular weight excluding hydrogens is 554 g/mol. The van der Waals surface area contributed by atoms with E-state index in [9.17, 15) is 9.59 Å². The van der Waals surface area contributed by atoms with Gasteiger partial charge in [0.2, 0.25) is 0 Å². The molecule has 232 valence electrons. The maximum absolute atomic E-state index is 13.1. The molecule has 9 heteroatoms. The van der Waals surface area contributed by atoms with Crippen LogP contribution in [0, 0.1) is 6.92 Å². The quantitative estimate of drug-likeness (QED) is 0.199. The number of rotatable bonds is 12. The zero-order valence-corrected chi connectivity index (χ0v) is 26.7. The normalized spacial score (nSPS) is 11.3. The molecule has 1 amide bonds. The highest BCUT2D eigenvalue weighted by Crippen LogP contribution is 2.32. The van der Waals surface area contributed by atoms with E-state index in [4.69, 9.17) is 9.47 Å². The molecule has 0 aliphatic rings. The van der Waals surface area contributed by atoms with Crippen molar-refractivity contribution in [3.63, 3.8) is 0 Å². The van der Waals surface area contributed by atoms with Crippen molar-refractivity contribution in [3.8, 4) is 11.1 Å². The summed E-state index contributed by atoms with van der Waals surface area (Å²) < 4.78 is 11.8. The standard InChI is InChI=1S/C35H43N5O4/c1-24-29(9-8-10-30(24)37-28-14-12-27(13-15-28)35(2,3)4)26-21-31(34(42)39(5)23-26)38-32-16-11-25(22-36-32)33(41)40(17-19-43-6)18-20-44-7/h8-16,21-23,37H,17-20H2,1-7H3,(H,36,38). The first-order valence-corrected chi connectivity index (χ1v) is 14.7. The molecule has 0 aliphatic heterocycles. The summed E-state index contributed by atoms with van der Waals surface area (Å²) in [5.41, 5.74) is 6.95. The molecule has 2 heterocycles. The number of anilines is 4. The highest BCUT2D eigenvalue weighted by atomic mass is 16.5. The fraction of sp³-hybridized carbons (Fsp3) is 0.343. The average Bonchev–Trinajstić information content (AvgIpc) is 3.00. The molecule has 0 saturated carbocycles. The first-order valence-electron chi connectivity index (χ1n) is 14.7. The molecule has 0 spiro atoms. The van der Waals surface area contributed by atoms with Crippen molar-refractivity contribution in [2.45, 2.75) is 33.1 Å². The fourth-order valence-corrected chi connectivity index (χ4v) is 4.87. The van der Waals surface area contributed by atoms with Gasteiger partial charge in [0.05, 0.1) is 18.8 Å². The Hall–Kier alpha value is -4.47. The molecule has 2 N–H and O–H groups in total. The van der Waals surface area contributed by atoms with E-state index in [2.05, 4.69) is 73.6 Å². The number of ether oxygens (including phenoxy) is 2. The molecule has 0 aliphatic carbocycles. The SMILES string of the molecule is COCCN(CCOC)C(=O)c1ccc(Nc2cc(-c3cccc(Nc4ccc(C(C)(C)C)cc4)c3C)cn(C)c2=O)nc1. The van der Waals surface area contributed by atoms with Gasteiger partial charge in [0.1, 0.15) is 11.5 Å². The second-order valence-electron chi connectivity index (χ2n) is 11.8. The highest BCUT2D eigenvalue weighted by Gasteiger charge is 2.17. The third kappa shape index (κ3) is 7.92. The lowest BCUT2D eigenvalue weighted by Crippen LogP contribution is -2.36. The van der Waals surface area contributed by atoms with Gasteiger partial charge in [0, 0.05) is 63.7 Å². The van der Waals surface area contributed by atoms with Crippen molar-refractivity contribution in [1.29, 1.82) is 0 Å². The second kappa shape index (κ2) is 14.3. The van der Waals surface area contributed by atoms with Crippen LogP contribution in [0.5, 0.6) is 0 Å². The van der Waals surface area contributed by atoms with Crippen LogP contribution in [-0.4, -0.2) is 60.9 Å². The molecule has 0 bridgehead atoms. The zero-order chi connectivity index (χ0) is 31.9. The van der Waals surface area contributed by atoms with Gasteiger partial charge in [-0.05, 0) is 65.4 Å². The molecule has 4 rings (SSSR count). The van der Waals surface area contributed by atoms with Gasteiger partial charge in [0.25, 0.3) is 11.5 Å². The van der Waals surface area contributed by atoms with Crippen molar-refractivity contribution in [2.24, 2.45) is 7.05 Å². The van der Waals surface area contributed by atoms with E-state index < -0.39 is 0 Å². The van der Waals surface area contributed by atoms with E-state index in [-0.39, 0.29) is 16.9 Å². The number of hydrogen-bond acceptors (Lipinski definition) is 7. The smallest absolute Gasteiger partial charge is 0.274 e. The van der Waals surface area contributed by atoms with Gasteiger partial charge in [-0.15, -0.1) is 0 Å². The van der Waals surface area contributed by atoms with E-state index in [1.807, 2.05) is 24.4 Å². The summed E-state index contributed by atoms with van der Waals surface area (Å²) in [6.45, 7) is 10.4. The van der Waals surface area contributed by atoms with Crippen LogP contribution in [-0.2, 0) is 21.9 Å². The number of aryl methyl sites for hydroxylation is 1. The van der Waals surface area contributed by atoms with Gasteiger partial charge in [-0.2, -0.15) is 0 Å². The summed E-state index contributed by atoms with van der Waals surface area (Å²) in [6.07, 6.45) is 3.35. The summed E-state index contributed by atoms with van der Waals surface area (Å²) >= 11 is 0. The van der Waals surface area contributed by atoms with Gasteiger partial charge in [-0.25, -0.2) is 4.98 Å². The monoisotopic (exact) mass is 597 g/mol. The summed E-state index contributed by atoms with van der Waals surface area (Å²) in [4.78, 5) is 32.2. The molecule has 2 aromatic carbocycles. The van der Waals surface area contributed by atoms with Crippen molar-refractivity contribution < 1.29 is 14.3 Å². The first-order chi connectivity index (χ1) is 21.0. The Bertz CT molecular complexity index is 1620. The van der Waals surface area contributed by atoms with Gasteiger partial charge in [0.15, 0.2) is 0 Å². The van der Waals surface area contributed by atoms with Gasteiger partial charge in [-0.3, -0.25) is 9.59 Å². The van der Waals surface area contributed by atoms with E-state index in [1.54, 1.807) is 42.9 Å². The molecule has 0 unspecified atom stereocenters. The van der Waals surface area contributed by atoms with Crippen molar-refractivity contribution in [3.05, 3.63) is 100 Å². The number of hydrogen-bond donors (Lipinski definition) is 2. The lowest BCUT2D eigenvalue weighted by Gasteiger charge is -2.22. The summed E-state index contributed by atoms with van der Waals surface area (Å²) in [5, 5.41) is 6.70. The third-order valence-corrected chi connectivity index (χ3v) is 7.55. The molecule has 2 aromatic heterocycles. The molecule has 0 atom stereocenters. The summed E-state index contributed by atoms with van der Waals surface area (Å²) in [6, 6.07) is 19.9. The molecule has 4 aromatic rings. The molecule has 0 fully saturated rings. The van der Waals surface area contributed by atoms with E-state index in [0.29, 0.717) is 43.4 Å². The molecular formula is C35H43N5O4. The van der Waals surface area contributed by atoms with Crippen LogP contribution >= 0.6 is 0 Å². The number of nitrogens with one attached hydrogen (secondary N) is 2. The molecule has 9 nitrogen and oxygen atoms in total. The Kier molecular flexibility index (Phi) is 10.6. The van der Waals surface area contributed by atoms with Crippen molar-refractivity contribution >= 4 is 28.8 Å². The second-order valence-corrected chi connectivity index (χ2v) is 11.8. The zero-order valence-electron chi connectivity index (χ0n) is 26.7. The minimum atomic E-state index is -0.188. The number of carbonyl (C=O) groups excluding carboxylic acids is 1. The summed E-state index contributed by atoms with van der Waals surface area (Å²) in [7, 11) is 4.93. The van der Waals surface area contributed by atoms with Crippen LogP contribution in [0.3, 0.4) is 0 Å². The Balaban J connectivity index is 1.55. The number of methoxy groups -OCH3 is 2. The summed E-state index contributed by atoms with van der Waals surface area (Å²) in [5.74, 6) is 0.298. The Labute approximate surface area is 259 Å². The minimum absolute atomic E-state index is 0.0910. The van der Waals surface area contributed by atoms with E-state index >= 15 is 0 Å². The first kappa shape index (κ1) is 32.4. The van der Waals surface area contributed by atoms with Gasteiger partial charge >= 0.3 is 0 Å². The topological polar surface area (TPSA) is 97.7 Å². The molecule has 44 heavy (non-hydrogen) atoms.